The molecule has 0 unspecified atom stereocenters. The zero-order valence-electron chi connectivity index (χ0n) is 8.40. The Morgan fingerprint density at radius 3 is 2.67 bits per heavy atom. The zero-order valence-corrected chi connectivity index (χ0v) is 9.22. The smallest absolute Gasteiger partial charge is 0.348 e. The minimum absolute atomic E-state index is 0.144. The van der Waals surface area contributed by atoms with Crippen LogP contribution in [0, 0.1) is 0 Å². The van der Waals surface area contributed by atoms with E-state index in [4.69, 9.17) is 5.11 Å². The molecule has 0 saturated heterocycles. The molecule has 0 aliphatic heterocycles. The van der Waals surface area contributed by atoms with Gasteiger partial charge in [-0.1, -0.05) is 5.57 Å². The second kappa shape index (κ2) is 4.75. The lowest BCUT2D eigenvalue weighted by Gasteiger charge is -2.00. The van der Waals surface area contributed by atoms with Crippen LogP contribution in [0.25, 0.3) is 0 Å². The lowest BCUT2D eigenvalue weighted by molar-refractivity contribution is -0.111. The molecule has 0 aliphatic rings. The minimum Gasteiger partial charge on any atom is -0.477 e. The number of nitrogens with one attached hydrogen (secondary N) is 1. The summed E-state index contributed by atoms with van der Waals surface area (Å²) in [6.45, 7) is 3.59. The summed E-state index contributed by atoms with van der Waals surface area (Å²) in [5, 5.41) is 12.9. The van der Waals surface area contributed by atoms with Crippen molar-refractivity contribution >= 4 is 28.9 Å². The first-order valence-electron chi connectivity index (χ1n) is 4.27. The van der Waals surface area contributed by atoms with E-state index >= 15 is 0 Å². The Kier molecular flexibility index (Phi) is 3.62. The summed E-state index contributed by atoms with van der Waals surface area (Å²) in [5.74, 6) is -1.34. The molecule has 5 heteroatoms. The second-order valence-electron chi connectivity index (χ2n) is 3.18. The van der Waals surface area contributed by atoms with Crippen molar-refractivity contribution < 1.29 is 14.7 Å². The van der Waals surface area contributed by atoms with Crippen LogP contribution in [0.2, 0.25) is 0 Å². The minimum atomic E-state index is -1.03. The lowest BCUT2D eigenvalue weighted by atomic mass is 10.3. The van der Waals surface area contributed by atoms with Crippen LogP contribution in [0.5, 0.6) is 0 Å². The molecule has 0 aromatic carbocycles. The Labute approximate surface area is 91.2 Å². The largest absolute Gasteiger partial charge is 0.477 e. The number of amides is 1. The van der Waals surface area contributed by atoms with Crippen molar-refractivity contribution in [3.63, 3.8) is 0 Å². The van der Waals surface area contributed by atoms with Gasteiger partial charge in [0.25, 0.3) is 0 Å². The SMILES string of the molecule is CC(C)=CC(=O)Nc1ccsc1C(=O)O. The third-order valence-corrected chi connectivity index (χ3v) is 2.44. The molecule has 0 spiro atoms. The molecule has 4 nitrogen and oxygen atoms in total. The average Bonchev–Trinajstić information content (AvgIpc) is 2.50. The highest BCUT2D eigenvalue weighted by atomic mass is 32.1. The number of allylic oxidation sites excluding steroid dienone is 1. The average molecular weight is 225 g/mol. The van der Waals surface area contributed by atoms with Crippen LogP contribution in [-0.2, 0) is 4.79 Å². The van der Waals surface area contributed by atoms with E-state index in [9.17, 15) is 9.59 Å². The molecule has 1 aromatic rings. The Morgan fingerprint density at radius 2 is 2.13 bits per heavy atom. The van der Waals surface area contributed by atoms with Crippen molar-refractivity contribution in [3.05, 3.63) is 28.0 Å². The van der Waals surface area contributed by atoms with Crippen molar-refractivity contribution in [2.75, 3.05) is 5.32 Å². The maximum absolute atomic E-state index is 11.3. The summed E-state index contributed by atoms with van der Waals surface area (Å²) in [7, 11) is 0. The number of hydrogen-bond donors (Lipinski definition) is 2. The van der Waals surface area contributed by atoms with E-state index in [1.54, 1.807) is 25.3 Å². The summed E-state index contributed by atoms with van der Waals surface area (Å²) in [6, 6.07) is 1.57. The number of aromatic carboxylic acids is 1. The Bertz CT molecular complexity index is 416. The number of carboxylic acids is 1. The lowest BCUT2D eigenvalue weighted by Crippen LogP contribution is -2.10. The van der Waals surface area contributed by atoms with Gasteiger partial charge in [0.15, 0.2) is 0 Å². The fraction of sp³-hybridized carbons (Fsp3) is 0.200. The highest BCUT2D eigenvalue weighted by molar-refractivity contribution is 7.12. The Hall–Kier alpha value is -1.62. The molecule has 1 aromatic heterocycles. The molecule has 2 N–H and O–H groups in total. The maximum Gasteiger partial charge on any atom is 0.348 e. The van der Waals surface area contributed by atoms with E-state index in [1.165, 1.54) is 6.08 Å². The summed E-state index contributed by atoms with van der Waals surface area (Å²) >= 11 is 1.08. The van der Waals surface area contributed by atoms with Crippen molar-refractivity contribution in [1.82, 2.24) is 0 Å². The van der Waals surface area contributed by atoms with Gasteiger partial charge in [-0.15, -0.1) is 11.3 Å². The van der Waals surface area contributed by atoms with Gasteiger partial charge in [-0.2, -0.15) is 0 Å². The maximum atomic E-state index is 11.3. The fourth-order valence-electron chi connectivity index (χ4n) is 1.00. The number of rotatable bonds is 3. The topological polar surface area (TPSA) is 66.4 Å². The predicted molar refractivity (Wildman–Crippen MR) is 59.3 cm³/mol. The summed E-state index contributed by atoms with van der Waals surface area (Å²) in [5.41, 5.74) is 1.20. The summed E-state index contributed by atoms with van der Waals surface area (Å²) in [6.07, 6.45) is 1.42. The summed E-state index contributed by atoms with van der Waals surface area (Å²) < 4.78 is 0. The van der Waals surface area contributed by atoms with E-state index in [0.29, 0.717) is 5.69 Å². The number of hydrogen-bond acceptors (Lipinski definition) is 3. The summed E-state index contributed by atoms with van der Waals surface area (Å²) in [4.78, 5) is 22.2. The van der Waals surface area contributed by atoms with Crippen LogP contribution < -0.4 is 5.32 Å². The van der Waals surface area contributed by atoms with Crippen LogP contribution in [0.4, 0.5) is 5.69 Å². The highest BCUT2D eigenvalue weighted by Crippen LogP contribution is 2.22. The monoisotopic (exact) mass is 225 g/mol. The standard InChI is InChI=1S/C10H11NO3S/c1-6(2)5-8(12)11-7-3-4-15-9(7)10(13)14/h3-5H,1-2H3,(H,11,12)(H,13,14). The zero-order chi connectivity index (χ0) is 11.4. The first-order valence-corrected chi connectivity index (χ1v) is 5.15. The molecule has 1 rings (SSSR count). The highest BCUT2D eigenvalue weighted by Gasteiger charge is 2.12. The van der Waals surface area contributed by atoms with Crippen LogP contribution in [0.1, 0.15) is 23.5 Å². The van der Waals surface area contributed by atoms with Gasteiger partial charge in [-0.05, 0) is 25.3 Å². The molecule has 15 heavy (non-hydrogen) atoms. The molecule has 0 aliphatic carbocycles. The van der Waals surface area contributed by atoms with Gasteiger partial charge in [0.2, 0.25) is 5.91 Å². The van der Waals surface area contributed by atoms with Crippen molar-refractivity contribution in [3.8, 4) is 0 Å². The van der Waals surface area contributed by atoms with E-state index in [1.807, 2.05) is 0 Å². The van der Waals surface area contributed by atoms with Gasteiger partial charge in [-0.3, -0.25) is 4.79 Å². The Balaban J connectivity index is 2.81. The van der Waals surface area contributed by atoms with Crippen LogP contribution >= 0.6 is 11.3 Å². The van der Waals surface area contributed by atoms with Crippen LogP contribution in [0.3, 0.4) is 0 Å². The number of carbonyl (C=O) groups excluding carboxylic acids is 1. The van der Waals surface area contributed by atoms with Gasteiger partial charge in [0, 0.05) is 6.08 Å². The van der Waals surface area contributed by atoms with Crippen LogP contribution in [-0.4, -0.2) is 17.0 Å². The number of carbonyl (C=O) groups is 2. The molecular weight excluding hydrogens is 214 g/mol. The molecule has 0 fully saturated rings. The van der Waals surface area contributed by atoms with Crippen molar-refractivity contribution in [2.24, 2.45) is 0 Å². The molecule has 80 valence electrons. The molecular formula is C10H11NO3S. The van der Waals surface area contributed by atoms with Gasteiger partial charge >= 0.3 is 5.97 Å². The fourth-order valence-corrected chi connectivity index (χ4v) is 1.69. The van der Waals surface area contributed by atoms with Gasteiger partial charge in [0.05, 0.1) is 5.69 Å². The van der Waals surface area contributed by atoms with Gasteiger partial charge in [0.1, 0.15) is 4.88 Å². The first kappa shape index (κ1) is 11.5. The third kappa shape index (κ3) is 3.21. The molecule has 0 atom stereocenters. The molecule has 1 heterocycles. The quantitative estimate of drug-likeness (QED) is 0.776. The van der Waals surface area contributed by atoms with Crippen molar-refractivity contribution in [1.29, 1.82) is 0 Å². The molecule has 0 saturated carbocycles. The number of carboxylic acid groups (broad SMARTS) is 1. The van der Waals surface area contributed by atoms with E-state index in [0.717, 1.165) is 16.9 Å². The van der Waals surface area contributed by atoms with E-state index in [2.05, 4.69) is 5.32 Å². The first-order chi connectivity index (χ1) is 7.00. The number of anilines is 1. The van der Waals surface area contributed by atoms with Gasteiger partial charge < -0.3 is 10.4 Å². The van der Waals surface area contributed by atoms with Crippen molar-refractivity contribution in [2.45, 2.75) is 13.8 Å². The number of thiophene rings is 1. The Morgan fingerprint density at radius 1 is 1.47 bits per heavy atom. The van der Waals surface area contributed by atoms with E-state index < -0.39 is 5.97 Å². The molecule has 0 bridgehead atoms. The second-order valence-corrected chi connectivity index (χ2v) is 4.10. The van der Waals surface area contributed by atoms with E-state index in [-0.39, 0.29) is 10.8 Å². The molecule has 1 amide bonds. The predicted octanol–water partition coefficient (Wildman–Crippen LogP) is 2.35. The van der Waals surface area contributed by atoms with Gasteiger partial charge in [-0.25, -0.2) is 4.79 Å². The third-order valence-electron chi connectivity index (χ3n) is 1.54. The van der Waals surface area contributed by atoms with Crippen LogP contribution in [0.15, 0.2) is 23.1 Å². The normalized spacial score (nSPS) is 9.47. The molecule has 0 radical (unpaired) electrons.